The van der Waals surface area contributed by atoms with Crippen molar-refractivity contribution in [2.24, 2.45) is 0 Å². The first-order valence-electron chi connectivity index (χ1n) is 7.10. The Morgan fingerprint density at radius 3 is 2.83 bits per heavy atom. The third kappa shape index (κ3) is 3.21. The van der Waals surface area contributed by atoms with E-state index in [0.29, 0.717) is 16.0 Å². The zero-order valence-corrected chi connectivity index (χ0v) is 13.6. The Morgan fingerprint density at radius 1 is 1.29 bits per heavy atom. The minimum atomic E-state index is -0.516. The Balaban J connectivity index is 1.85. The number of benzene rings is 2. The summed E-state index contributed by atoms with van der Waals surface area (Å²) in [6.45, 7) is 0. The highest BCUT2D eigenvalue weighted by Crippen LogP contribution is 2.20. The number of anilines is 1. The number of imidazole rings is 1. The molecule has 2 aromatic carbocycles. The summed E-state index contributed by atoms with van der Waals surface area (Å²) < 4.78 is 20.7. The summed E-state index contributed by atoms with van der Waals surface area (Å²) in [5, 5.41) is 2.78. The van der Waals surface area contributed by atoms with Crippen LogP contribution < -0.4 is 10.1 Å². The van der Waals surface area contributed by atoms with Crippen molar-refractivity contribution >= 4 is 23.8 Å². The second-order valence-corrected chi connectivity index (χ2v) is 5.38. The quantitative estimate of drug-likeness (QED) is 0.706. The molecule has 122 valence electrons. The monoisotopic (exact) mass is 343 g/mol. The van der Waals surface area contributed by atoms with Crippen molar-refractivity contribution in [2.75, 3.05) is 12.4 Å². The second kappa shape index (κ2) is 6.67. The number of aromatic nitrogens is 2. The molecule has 0 spiro atoms. The van der Waals surface area contributed by atoms with Crippen molar-refractivity contribution in [1.82, 2.24) is 9.55 Å². The van der Waals surface area contributed by atoms with E-state index in [1.54, 1.807) is 29.1 Å². The summed E-state index contributed by atoms with van der Waals surface area (Å²) in [5.41, 5.74) is 1.72. The van der Waals surface area contributed by atoms with Gasteiger partial charge in [0.05, 0.1) is 7.11 Å². The molecule has 3 aromatic rings. The topological polar surface area (TPSA) is 59.0 Å². The number of carbonyl (C=O) groups excluding carboxylic acids is 1. The number of hydrogen-bond acceptors (Lipinski definition) is 3. The zero-order valence-electron chi connectivity index (χ0n) is 12.7. The van der Waals surface area contributed by atoms with Crippen LogP contribution in [0.15, 0.2) is 54.9 Å². The summed E-state index contributed by atoms with van der Waals surface area (Å²) in [5.74, 6) is -0.851. The van der Waals surface area contributed by atoms with Crippen LogP contribution in [0.2, 0.25) is 0 Å². The Bertz CT molecular complexity index is 949. The van der Waals surface area contributed by atoms with E-state index in [2.05, 4.69) is 10.3 Å². The zero-order chi connectivity index (χ0) is 17.1. The molecule has 0 aliphatic heterocycles. The predicted molar refractivity (Wildman–Crippen MR) is 91.9 cm³/mol. The van der Waals surface area contributed by atoms with Crippen molar-refractivity contribution in [2.45, 2.75) is 0 Å². The van der Waals surface area contributed by atoms with E-state index in [9.17, 15) is 9.18 Å². The lowest BCUT2D eigenvalue weighted by Gasteiger charge is -2.09. The lowest BCUT2D eigenvalue weighted by Crippen LogP contribution is -2.12. The smallest absolute Gasteiger partial charge is 0.255 e. The van der Waals surface area contributed by atoms with Crippen LogP contribution in [0, 0.1) is 10.6 Å². The van der Waals surface area contributed by atoms with E-state index >= 15 is 0 Å². The van der Waals surface area contributed by atoms with Crippen LogP contribution in [0.25, 0.3) is 5.69 Å². The standard InChI is InChI=1S/C17H14FN3O2S/c1-23-15-9-11(5-6-14(15)18)16(22)20-12-3-2-4-13(10-12)21-8-7-19-17(21)24/h2-10H,1H3,(H,19,24)(H,20,22). The molecule has 0 aliphatic carbocycles. The molecule has 0 aliphatic rings. The van der Waals surface area contributed by atoms with Gasteiger partial charge in [0.1, 0.15) is 0 Å². The van der Waals surface area contributed by atoms with Gasteiger partial charge in [-0.2, -0.15) is 0 Å². The van der Waals surface area contributed by atoms with E-state index < -0.39 is 5.82 Å². The maximum absolute atomic E-state index is 13.4. The SMILES string of the molecule is COc1cc(C(=O)Nc2cccc(-n3cc[nH]c3=S)c2)ccc1F. The van der Waals surface area contributed by atoms with Crippen molar-refractivity contribution in [3.05, 3.63) is 71.0 Å². The molecule has 1 amide bonds. The molecular weight excluding hydrogens is 329 g/mol. The number of H-pyrrole nitrogens is 1. The van der Waals surface area contributed by atoms with Gasteiger partial charge in [-0.1, -0.05) is 6.07 Å². The number of methoxy groups -OCH3 is 1. The van der Waals surface area contributed by atoms with Gasteiger partial charge in [0.2, 0.25) is 0 Å². The number of nitrogens with one attached hydrogen (secondary N) is 2. The van der Waals surface area contributed by atoms with E-state index in [-0.39, 0.29) is 11.7 Å². The first-order chi connectivity index (χ1) is 11.6. The van der Waals surface area contributed by atoms with Gasteiger partial charge in [-0.25, -0.2) is 4.39 Å². The van der Waals surface area contributed by atoms with Crippen LogP contribution in [0.1, 0.15) is 10.4 Å². The van der Waals surface area contributed by atoms with Crippen LogP contribution in [0.3, 0.4) is 0 Å². The van der Waals surface area contributed by atoms with Gasteiger partial charge in [0, 0.05) is 29.3 Å². The first-order valence-corrected chi connectivity index (χ1v) is 7.50. The largest absolute Gasteiger partial charge is 0.494 e. The highest BCUT2D eigenvalue weighted by molar-refractivity contribution is 7.71. The molecular formula is C17H14FN3O2S. The van der Waals surface area contributed by atoms with Gasteiger partial charge in [-0.15, -0.1) is 0 Å². The number of halogens is 1. The van der Waals surface area contributed by atoms with E-state index in [0.717, 1.165) is 5.69 Å². The van der Waals surface area contributed by atoms with Crippen molar-refractivity contribution < 1.29 is 13.9 Å². The number of hydrogen-bond donors (Lipinski definition) is 2. The second-order valence-electron chi connectivity index (χ2n) is 4.99. The number of ether oxygens (including phenoxy) is 1. The normalized spacial score (nSPS) is 10.4. The molecule has 0 bridgehead atoms. The highest BCUT2D eigenvalue weighted by atomic mass is 32.1. The molecule has 1 aromatic heterocycles. The fourth-order valence-corrected chi connectivity index (χ4v) is 2.50. The molecule has 24 heavy (non-hydrogen) atoms. The lowest BCUT2D eigenvalue weighted by molar-refractivity contribution is 0.102. The third-order valence-corrected chi connectivity index (χ3v) is 3.76. The fraction of sp³-hybridized carbons (Fsp3) is 0.0588. The van der Waals surface area contributed by atoms with Crippen LogP contribution >= 0.6 is 12.2 Å². The molecule has 0 saturated heterocycles. The van der Waals surface area contributed by atoms with Gasteiger partial charge in [-0.05, 0) is 48.6 Å². The number of aromatic amines is 1. The average molecular weight is 343 g/mol. The van der Waals surface area contributed by atoms with Crippen LogP contribution in [0.4, 0.5) is 10.1 Å². The maximum atomic E-state index is 13.4. The van der Waals surface area contributed by atoms with Crippen LogP contribution in [-0.4, -0.2) is 22.6 Å². The van der Waals surface area contributed by atoms with Gasteiger partial charge in [0.25, 0.3) is 5.91 Å². The van der Waals surface area contributed by atoms with Crippen molar-refractivity contribution in [3.63, 3.8) is 0 Å². The molecule has 2 N–H and O–H groups in total. The van der Waals surface area contributed by atoms with Crippen molar-refractivity contribution in [1.29, 1.82) is 0 Å². The molecule has 0 unspecified atom stereocenters. The van der Waals surface area contributed by atoms with Crippen molar-refractivity contribution in [3.8, 4) is 11.4 Å². The summed E-state index contributed by atoms with van der Waals surface area (Å²) in [6, 6.07) is 11.2. The first kappa shape index (κ1) is 15.9. The maximum Gasteiger partial charge on any atom is 0.255 e. The van der Waals surface area contributed by atoms with Gasteiger partial charge < -0.3 is 15.0 Å². The average Bonchev–Trinajstić information content (AvgIpc) is 3.01. The highest BCUT2D eigenvalue weighted by Gasteiger charge is 2.11. The number of nitrogens with zero attached hydrogens (tertiary/aromatic N) is 1. The number of carbonyl (C=O) groups is 1. The third-order valence-electron chi connectivity index (χ3n) is 3.44. The van der Waals surface area contributed by atoms with Gasteiger partial charge >= 0.3 is 0 Å². The summed E-state index contributed by atoms with van der Waals surface area (Å²) in [4.78, 5) is 15.2. The number of rotatable bonds is 4. The van der Waals surface area contributed by atoms with Crippen LogP contribution in [0.5, 0.6) is 5.75 Å². The summed E-state index contributed by atoms with van der Waals surface area (Å²) in [6.07, 6.45) is 3.53. The number of amides is 1. The molecule has 1 heterocycles. The predicted octanol–water partition coefficient (Wildman–Crippen LogP) is 3.93. The van der Waals surface area contributed by atoms with Gasteiger partial charge in [0.15, 0.2) is 16.3 Å². The molecule has 3 rings (SSSR count). The molecule has 0 radical (unpaired) electrons. The Morgan fingerprint density at radius 2 is 2.12 bits per heavy atom. The molecule has 0 atom stereocenters. The fourth-order valence-electron chi connectivity index (χ4n) is 2.26. The van der Waals surface area contributed by atoms with Gasteiger partial charge in [-0.3, -0.25) is 9.36 Å². The Kier molecular flexibility index (Phi) is 4.43. The van der Waals surface area contributed by atoms with E-state index in [1.807, 2.05) is 12.1 Å². The van der Waals surface area contributed by atoms with E-state index in [4.69, 9.17) is 17.0 Å². The molecule has 7 heteroatoms. The molecule has 0 fully saturated rings. The minimum absolute atomic E-state index is 0.0232. The van der Waals surface area contributed by atoms with E-state index in [1.165, 1.54) is 25.3 Å². The Labute approximate surface area is 142 Å². The van der Waals surface area contributed by atoms with Crippen LogP contribution in [-0.2, 0) is 0 Å². The minimum Gasteiger partial charge on any atom is -0.494 e. The summed E-state index contributed by atoms with van der Waals surface area (Å²) >= 11 is 5.19. The Hall–Kier alpha value is -2.93. The molecule has 5 nitrogen and oxygen atoms in total. The lowest BCUT2D eigenvalue weighted by atomic mass is 10.2. The summed E-state index contributed by atoms with van der Waals surface area (Å²) in [7, 11) is 1.35. The molecule has 0 saturated carbocycles.